The predicted octanol–water partition coefficient (Wildman–Crippen LogP) is 2.65. The average Bonchev–Trinajstić information content (AvgIpc) is 2.93. The van der Waals surface area contributed by atoms with Crippen LogP contribution in [0.4, 0.5) is 0 Å². The number of nitrogens with zero attached hydrogens (tertiary/aromatic N) is 3. The summed E-state index contributed by atoms with van der Waals surface area (Å²) in [4.78, 5) is 11.3. The predicted molar refractivity (Wildman–Crippen MR) is 110 cm³/mol. The van der Waals surface area contributed by atoms with Crippen molar-refractivity contribution in [3.05, 3.63) is 16.1 Å². The van der Waals surface area contributed by atoms with Gasteiger partial charge >= 0.3 is 0 Å². The molecule has 0 radical (unpaired) electrons. The normalized spacial score (nSPS) is 19.3. The van der Waals surface area contributed by atoms with Crippen LogP contribution < -0.4 is 10.6 Å². The Hall–Kier alpha value is -0.410. The number of rotatable bonds is 6. The maximum Gasteiger partial charge on any atom is 0.191 e. The van der Waals surface area contributed by atoms with Crippen LogP contribution in [0.1, 0.15) is 36.9 Å². The first kappa shape index (κ1) is 20.6. The number of nitrogens with one attached hydrogen (secondary N) is 2. The molecule has 1 aliphatic heterocycles. The van der Waals surface area contributed by atoms with Crippen LogP contribution in [0.3, 0.4) is 0 Å². The Kier molecular flexibility index (Phi) is 10.0. The van der Waals surface area contributed by atoms with Gasteiger partial charge in [0.25, 0.3) is 0 Å². The van der Waals surface area contributed by atoms with Crippen molar-refractivity contribution in [1.82, 2.24) is 20.5 Å². The number of hydrogen-bond donors (Lipinski definition) is 2. The van der Waals surface area contributed by atoms with Crippen molar-refractivity contribution in [3.63, 3.8) is 0 Å². The van der Waals surface area contributed by atoms with Crippen LogP contribution in [0.15, 0.2) is 10.4 Å². The lowest BCUT2D eigenvalue weighted by atomic mass is 10.0. The van der Waals surface area contributed by atoms with Gasteiger partial charge in [0.05, 0.1) is 10.7 Å². The van der Waals surface area contributed by atoms with Crippen LogP contribution in [-0.2, 0) is 6.42 Å². The maximum atomic E-state index is 4.48. The molecule has 1 aromatic rings. The lowest BCUT2D eigenvalue weighted by Crippen LogP contribution is -2.45. The fourth-order valence-corrected chi connectivity index (χ4v) is 3.51. The largest absolute Gasteiger partial charge is 0.356 e. The van der Waals surface area contributed by atoms with Gasteiger partial charge in [-0.05, 0) is 33.2 Å². The average molecular weight is 451 g/mol. The SMILES string of the molecule is CN=C(NCCc1csc(C)n1)NCCN1CCCCC1C.I. The minimum Gasteiger partial charge on any atom is -0.356 e. The molecule has 2 rings (SSSR count). The zero-order chi connectivity index (χ0) is 15.8. The summed E-state index contributed by atoms with van der Waals surface area (Å²) in [6, 6.07) is 0.721. The first-order valence-corrected chi connectivity index (χ1v) is 9.16. The smallest absolute Gasteiger partial charge is 0.191 e. The molecule has 2 N–H and O–H groups in total. The van der Waals surface area contributed by atoms with E-state index in [2.05, 4.69) is 37.8 Å². The van der Waals surface area contributed by atoms with Crippen LogP contribution in [0, 0.1) is 6.92 Å². The highest BCUT2D eigenvalue weighted by molar-refractivity contribution is 14.0. The third-order valence-corrected chi connectivity index (χ3v) is 5.02. The molecular weight excluding hydrogens is 421 g/mol. The van der Waals surface area contributed by atoms with Gasteiger partial charge in [-0.3, -0.25) is 9.89 Å². The quantitative estimate of drug-likeness (QED) is 0.397. The van der Waals surface area contributed by atoms with E-state index < -0.39 is 0 Å². The second-order valence-electron chi connectivity index (χ2n) is 5.91. The van der Waals surface area contributed by atoms with Gasteiger partial charge in [-0.1, -0.05) is 6.42 Å². The van der Waals surface area contributed by atoms with Gasteiger partial charge in [-0.25, -0.2) is 4.98 Å². The maximum absolute atomic E-state index is 4.48. The Morgan fingerprint density at radius 1 is 1.39 bits per heavy atom. The molecular formula is C16H30IN5S. The van der Waals surface area contributed by atoms with Gasteiger partial charge in [0.1, 0.15) is 0 Å². The number of aliphatic imine (C=N–C) groups is 1. The second-order valence-corrected chi connectivity index (χ2v) is 6.98. The summed E-state index contributed by atoms with van der Waals surface area (Å²) in [6.07, 6.45) is 4.99. The molecule has 2 heterocycles. The molecule has 0 bridgehead atoms. The summed E-state index contributed by atoms with van der Waals surface area (Å²) in [6.45, 7) is 8.51. The van der Waals surface area contributed by atoms with Crippen LogP contribution in [-0.4, -0.2) is 55.1 Å². The Morgan fingerprint density at radius 3 is 2.83 bits per heavy atom. The van der Waals surface area contributed by atoms with Crippen LogP contribution >= 0.6 is 35.3 Å². The summed E-state index contributed by atoms with van der Waals surface area (Å²) >= 11 is 1.71. The van der Waals surface area contributed by atoms with Gasteiger partial charge in [-0.15, -0.1) is 35.3 Å². The van der Waals surface area contributed by atoms with Crippen LogP contribution in [0.5, 0.6) is 0 Å². The molecule has 0 amide bonds. The van der Waals surface area contributed by atoms with Gasteiger partial charge < -0.3 is 10.6 Å². The van der Waals surface area contributed by atoms with Gasteiger partial charge in [0, 0.05) is 44.5 Å². The Balaban J connectivity index is 0.00000264. The lowest BCUT2D eigenvalue weighted by molar-refractivity contribution is 0.163. The lowest BCUT2D eigenvalue weighted by Gasteiger charge is -2.33. The zero-order valence-corrected chi connectivity index (χ0v) is 17.6. The van der Waals surface area contributed by atoms with Crippen LogP contribution in [0.2, 0.25) is 0 Å². The van der Waals surface area contributed by atoms with E-state index >= 15 is 0 Å². The topological polar surface area (TPSA) is 52.6 Å². The highest BCUT2D eigenvalue weighted by atomic mass is 127. The summed E-state index contributed by atoms with van der Waals surface area (Å²) in [5.74, 6) is 0.886. The number of thiazole rings is 1. The molecule has 1 aromatic heterocycles. The minimum atomic E-state index is 0. The van der Waals surface area contributed by atoms with Crippen LogP contribution in [0.25, 0.3) is 0 Å². The number of halogens is 1. The molecule has 1 fully saturated rings. The first-order chi connectivity index (χ1) is 10.7. The zero-order valence-electron chi connectivity index (χ0n) is 14.5. The van der Waals surface area contributed by atoms with Crippen molar-refractivity contribution < 1.29 is 0 Å². The van der Waals surface area contributed by atoms with Crippen molar-refractivity contribution in [2.45, 2.75) is 45.6 Å². The van der Waals surface area contributed by atoms with Crippen molar-refractivity contribution in [3.8, 4) is 0 Å². The highest BCUT2D eigenvalue weighted by Crippen LogP contribution is 2.15. The Morgan fingerprint density at radius 2 is 2.17 bits per heavy atom. The summed E-state index contributed by atoms with van der Waals surface area (Å²) < 4.78 is 0. The molecule has 1 unspecified atom stereocenters. The van der Waals surface area contributed by atoms with E-state index in [1.54, 1.807) is 11.3 Å². The molecule has 0 aliphatic carbocycles. The molecule has 0 aromatic carbocycles. The third kappa shape index (κ3) is 7.34. The van der Waals surface area contributed by atoms with E-state index in [1.807, 2.05) is 14.0 Å². The van der Waals surface area contributed by atoms with Crippen molar-refractivity contribution >= 4 is 41.3 Å². The summed E-state index contributed by atoms with van der Waals surface area (Å²) in [5.41, 5.74) is 1.16. The molecule has 132 valence electrons. The van der Waals surface area contributed by atoms with E-state index in [0.29, 0.717) is 0 Å². The van der Waals surface area contributed by atoms with E-state index in [-0.39, 0.29) is 24.0 Å². The third-order valence-electron chi connectivity index (χ3n) is 4.20. The van der Waals surface area contributed by atoms with Gasteiger partial charge in [-0.2, -0.15) is 0 Å². The van der Waals surface area contributed by atoms with Crippen molar-refractivity contribution in [1.29, 1.82) is 0 Å². The number of hydrogen-bond acceptors (Lipinski definition) is 4. The number of aryl methyl sites for hydroxylation is 1. The molecule has 5 nitrogen and oxygen atoms in total. The second kappa shape index (κ2) is 11.2. The van der Waals surface area contributed by atoms with E-state index in [4.69, 9.17) is 0 Å². The van der Waals surface area contributed by atoms with Crippen molar-refractivity contribution in [2.75, 3.05) is 33.2 Å². The fourth-order valence-electron chi connectivity index (χ4n) is 2.86. The Labute approximate surface area is 161 Å². The molecule has 23 heavy (non-hydrogen) atoms. The fraction of sp³-hybridized carbons (Fsp3) is 0.750. The standard InChI is InChI=1S/C16H29N5S.HI/c1-13-6-4-5-10-21(13)11-9-19-16(17-3)18-8-7-15-12-22-14(2)20-15;/h12-13H,4-11H2,1-3H3,(H2,17,18,19);1H. The number of guanidine groups is 1. The number of likely N-dealkylation sites (tertiary alicyclic amines) is 1. The molecule has 1 atom stereocenters. The van der Waals surface area contributed by atoms with E-state index in [1.165, 1.54) is 25.8 Å². The van der Waals surface area contributed by atoms with E-state index in [9.17, 15) is 0 Å². The summed E-state index contributed by atoms with van der Waals surface area (Å²) in [7, 11) is 1.83. The molecule has 0 saturated carbocycles. The monoisotopic (exact) mass is 451 g/mol. The van der Waals surface area contributed by atoms with Gasteiger partial charge in [0.2, 0.25) is 0 Å². The number of piperidine rings is 1. The molecule has 1 saturated heterocycles. The first-order valence-electron chi connectivity index (χ1n) is 8.28. The Bertz CT molecular complexity index is 477. The summed E-state index contributed by atoms with van der Waals surface area (Å²) in [5, 5.41) is 10.0. The minimum absolute atomic E-state index is 0. The molecule has 7 heteroatoms. The number of aromatic nitrogens is 1. The van der Waals surface area contributed by atoms with E-state index in [0.717, 1.165) is 48.8 Å². The molecule has 0 spiro atoms. The highest BCUT2D eigenvalue weighted by Gasteiger charge is 2.17. The van der Waals surface area contributed by atoms with Gasteiger partial charge in [0.15, 0.2) is 5.96 Å². The molecule has 1 aliphatic rings. The van der Waals surface area contributed by atoms with Crippen molar-refractivity contribution in [2.24, 2.45) is 4.99 Å².